The first-order valence-corrected chi connectivity index (χ1v) is 9.02. The summed E-state index contributed by atoms with van der Waals surface area (Å²) in [6, 6.07) is 13.5. The molecule has 0 radical (unpaired) electrons. The topological polar surface area (TPSA) is 65.8 Å². The van der Waals surface area contributed by atoms with E-state index in [0.29, 0.717) is 38.2 Å². The predicted molar refractivity (Wildman–Crippen MR) is 100 cm³/mol. The molecule has 1 saturated heterocycles. The van der Waals surface area contributed by atoms with Crippen LogP contribution < -0.4 is 10.2 Å². The van der Waals surface area contributed by atoms with E-state index in [2.05, 4.69) is 10.2 Å². The molecule has 1 fully saturated rings. The minimum absolute atomic E-state index is 0.0299. The molecule has 3 rings (SSSR count). The molecule has 0 spiro atoms. The van der Waals surface area contributed by atoms with Crippen LogP contribution in [-0.2, 0) is 4.79 Å². The van der Waals surface area contributed by atoms with Crippen LogP contribution >= 0.6 is 0 Å². The van der Waals surface area contributed by atoms with E-state index < -0.39 is 0 Å². The number of hydrogen-bond donors (Lipinski definition) is 1. The van der Waals surface area contributed by atoms with Gasteiger partial charge in [0.2, 0.25) is 5.91 Å². The molecule has 138 valence electrons. The first kappa shape index (κ1) is 18.0. The molecule has 1 aromatic heterocycles. The first-order valence-electron chi connectivity index (χ1n) is 9.02. The first-order chi connectivity index (χ1) is 12.6. The van der Waals surface area contributed by atoms with Crippen LogP contribution in [0.5, 0.6) is 0 Å². The fourth-order valence-electron chi connectivity index (χ4n) is 3.20. The van der Waals surface area contributed by atoms with Crippen LogP contribution in [0.25, 0.3) is 0 Å². The SMILES string of the molecule is CN(CCNC(=O)C1CCN(C(=O)c2ccco2)CC1)c1ccccc1. The van der Waals surface area contributed by atoms with Crippen LogP contribution in [-0.4, -0.2) is 49.9 Å². The van der Waals surface area contributed by atoms with E-state index in [9.17, 15) is 9.59 Å². The van der Waals surface area contributed by atoms with Crippen LogP contribution in [0.3, 0.4) is 0 Å². The van der Waals surface area contributed by atoms with Crippen molar-refractivity contribution in [3.05, 3.63) is 54.5 Å². The van der Waals surface area contributed by atoms with Gasteiger partial charge in [0, 0.05) is 44.8 Å². The monoisotopic (exact) mass is 355 g/mol. The molecule has 6 heteroatoms. The summed E-state index contributed by atoms with van der Waals surface area (Å²) in [7, 11) is 2.01. The smallest absolute Gasteiger partial charge is 0.289 e. The Balaban J connectivity index is 1.39. The molecule has 1 aliphatic rings. The van der Waals surface area contributed by atoms with E-state index in [1.54, 1.807) is 17.0 Å². The highest BCUT2D eigenvalue weighted by Crippen LogP contribution is 2.19. The van der Waals surface area contributed by atoms with Crippen molar-refractivity contribution in [1.82, 2.24) is 10.2 Å². The average Bonchev–Trinajstić information content (AvgIpc) is 3.23. The van der Waals surface area contributed by atoms with Gasteiger partial charge in [-0.2, -0.15) is 0 Å². The zero-order valence-corrected chi connectivity index (χ0v) is 15.1. The lowest BCUT2D eigenvalue weighted by molar-refractivity contribution is -0.126. The van der Waals surface area contributed by atoms with Crippen molar-refractivity contribution < 1.29 is 14.0 Å². The Bertz CT molecular complexity index is 707. The molecular formula is C20H25N3O3. The Morgan fingerprint density at radius 1 is 1.15 bits per heavy atom. The molecule has 26 heavy (non-hydrogen) atoms. The number of anilines is 1. The maximum Gasteiger partial charge on any atom is 0.289 e. The van der Waals surface area contributed by atoms with Crippen molar-refractivity contribution >= 4 is 17.5 Å². The number of carbonyl (C=O) groups excluding carboxylic acids is 2. The molecule has 0 unspecified atom stereocenters. The van der Waals surface area contributed by atoms with Crippen molar-refractivity contribution in [2.75, 3.05) is 38.1 Å². The second-order valence-corrected chi connectivity index (χ2v) is 6.59. The second-order valence-electron chi connectivity index (χ2n) is 6.59. The number of hydrogen-bond acceptors (Lipinski definition) is 4. The Morgan fingerprint density at radius 2 is 1.88 bits per heavy atom. The van der Waals surface area contributed by atoms with Crippen molar-refractivity contribution in [3.63, 3.8) is 0 Å². The highest BCUT2D eigenvalue weighted by Gasteiger charge is 2.28. The Labute approximate surface area is 153 Å². The summed E-state index contributed by atoms with van der Waals surface area (Å²) in [5.41, 5.74) is 1.13. The number of amides is 2. The van der Waals surface area contributed by atoms with Crippen molar-refractivity contribution in [2.45, 2.75) is 12.8 Å². The van der Waals surface area contributed by atoms with Gasteiger partial charge in [-0.25, -0.2) is 0 Å². The molecule has 2 heterocycles. The fraction of sp³-hybridized carbons (Fsp3) is 0.400. The maximum absolute atomic E-state index is 12.4. The summed E-state index contributed by atoms with van der Waals surface area (Å²) < 4.78 is 5.16. The summed E-state index contributed by atoms with van der Waals surface area (Å²) in [5.74, 6) is 0.310. The number of benzene rings is 1. The Hall–Kier alpha value is -2.76. The van der Waals surface area contributed by atoms with Crippen molar-refractivity contribution in [3.8, 4) is 0 Å². The van der Waals surface area contributed by atoms with Gasteiger partial charge in [0.05, 0.1) is 6.26 Å². The number of para-hydroxylation sites is 1. The standard InChI is InChI=1S/C20H25N3O3/c1-22(17-6-3-2-4-7-17)14-11-21-19(24)16-9-12-23(13-10-16)20(25)18-8-5-15-26-18/h2-8,15-16H,9-14H2,1H3,(H,21,24). The zero-order valence-electron chi connectivity index (χ0n) is 15.1. The van der Waals surface area contributed by atoms with E-state index in [1.807, 2.05) is 37.4 Å². The number of likely N-dealkylation sites (tertiary alicyclic amines) is 1. The summed E-state index contributed by atoms with van der Waals surface area (Å²) in [4.78, 5) is 28.5. The fourth-order valence-corrected chi connectivity index (χ4v) is 3.20. The van der Waals surface area contributed by atoms with E-state index in [4.69, 9.17) is 4.42 Å². The molecule has 1 N–H and O–H groups in total. The Morgan fingerprint density at radius 3 is 2.54 bits per heavy atom. The molecular weight excluding hydrogens is 330 g/mol. The quantitative estimate of drug-likeness (QED) is 0.864. The lowest BCUT2D eigenvalue weighted by Crippen LogP contribution is -2.44. The number of likely N-dealkylation sites (N-methyl/N-ethyl adjacent to an activating group) is 1. The summed E-state index contributed by atoms with van der Waals surface area (Å²) in [6.07, 6.45) is 2.87. The normalized spacial score (nSPS) is 14.9. The third-order valence-corrected chi connectivity index (χ3v) is 4.83. The van der Waals surface area contributed by atoms with Crippen LogP contribution in [0.15, 0.2) is 53.1 Å². The van der Waals surface area contributed by atoms with Gasteiger partial charge in [0.15, 0.2) is 5.76 Å². The van der Waals surface area contributed by atoms with Crippen LogP contribution in [0.1, 0.15) is 23.4 Å². The van der Waals surface area contributed by atoms with Gasteiger partial charge in [-0.1, -0.05) is 18.2 Å². The van der Waals surface area contributed by atoms with Gasteiger partial charge in [-0.05, 0) is 37.1 Å². The van der Waals surface area contributed by atoms with Crippen molar-refractivity contribution in [2.24, 2.45) is 5.92 Å². The molecule has 1 aliphatic heterocycles. The zero-order chi connectivity index (χ0) is 18.4. The summed E-state index contributed by atoms with van der Waals surface area (Å²) in [5, 5.41) is 3.02. The molecule has 2 amide bonds. The van der Waals surface area contributed by atoms with Gasteiger partial charge in [0.25, 0.3) is 5.91 Å². The summed E-state index contributed by atoms with van der Waals surface area (Å²) >= 11 is 0. The molecule has 0 aliphatic carbocycles. The van der Waals surface area contributed by atoms with Crippen LogP contribution in [0, 0.1) is 5.92 Å². The van der Waals surface area contributed by atoms with E-state index >= 15 is 0 Å². The highest BCUT2D eigenvalue weighted by molar-refractivity contribution is 5.91. The second kappa shape index (κ2) is 8.56. The molecule has 2 aromatic rings. The van der Waals surface area contributed by atoms with Gasteiger partial charge in [0.1, 0.15) is 0 Å². The van der Waals surface area contributed by atoms with E-state index in [0.717, 1.165) is 12.2 Å². The lowest BCUT2D eigenvalue weighted by atomic mass is 9.95. The van der Waals surface area contributed by atoms with Gasteiger partial charge in [-0.15, -0.1) is 0 Å². The predicted octanol–water partition coefficient (Wildman–Crippen LogP) is 2.38. The number of furan rings is 1. The van der Waals surface area contributed by atoms with Crippen molar-refractivity contribution in [1.29, 1.82) is 0 Å². The molecule has 1 aromatic carbocycles. The molecule has 0 saturated carbocycles. The van der Waals surface area contributed by atoms with Gasteiger partial charge >= 0.3 is 0 Å². The highest BCUT2D eigenvalue weighted by atomic mass is 16.3. The maximum atomic E-state index is 12.4. The third-order valence-electron chi connectivity index (χ3n) is 4.83. The minimum Gasteiger partial charge on any atom is -0.459 e. The molecule has 0 atom stereocenters. The molecule has 6 nitrogen and oxygen atoms in total. The number of carbonyl (C=O) groups is 2. The van der Waals surface area contributed by atoms with Gasteiger partial charge in [-0.3, -0.25) is 9.59 Å². The van der Waals surface area contributed by atoms with Crippen LogP contribution in [0.2, 0.25) is 0 Å². The number of nitrogens with one attached hydrogen (secondary N) is 1. The molecule has 0 bridgehead atoms. The van der Waals surface area contributed by atoms with E-state index in [1.165, 1.54) is 6.26 Å². The van der Waals surface area contributed by atoms with Crippen LogP contribution in [0.4, 0.5) is 5.69 Å². The third kappa shape index (κ3) is 4.45. The number of rotatable bonds is 6. The Kier molecular flexibility index (Phi) is 5.94. The number of piperidine rings is 1. The number of nitrogens with zero attached hydrogens (tertiary/aromatic N) is 2. The largest absolute Gasteiger partial charge is 0.459 e. The van der Waals surface area contributed by atoms with E-state index in [-0.39, 0.29) is 17.7 Å². The summed E-state index contributed by atoms with van der Waals surface area (Å²) in [6.45, 7) is 2.53. The lowest BCUT2D eigenvalue weighted by Gasteiger charge is -2.31. The van der Waals surface area contributed by atoms with Gasteiger partial charge < -0.3 is 19.5 Å². The minimum atomic E-state index is -0.0988. The average molecular weight is 355 g/mol.